The summed E-state index contributed by atoms with van der Waals surface area (Å²) in [6.45, 7) is 1.78. The van der Waals surface area contributed by atoms with E-state index in [1.165, 1.54) is 30.5 Å². The van der Waals surface area contributed by atoms with Gasteiger partial charge in [0.15, 0.2) is 0 Å². The molecule has 0 fully saturated rings. The average Bonchev–Trinajstić information content (AvgIpc) is 3.52. The van der Waals surface area contributed by atoms with Crippen molar-refractivity contribution in [1.82, 2.24) is 20.0 Å². The minimum absolute atomic E-state index is 0.216. The van der Waals surface area contributed by atoms with Crippen LogP contribution in [0.5, 0.6) is 11.5 Å². The number of benzene rings is 2. The van der Waals surface area contributed by atoms with E-state index in [2.05, 4.69) is 19.9 Å². The summed E-state index contributed by atoms with van der Waals surface area (Å²) in [5, 5.41) is 8.03. The van der Waals surface area contributed by atoms with Gasteiger partial charge in [-0.3, -0.25) is 0 Å². The zero-order chi connectivity index (χ0) is 24.5. The molecule has 4 rings (SSSR count). The molecule has 0 aliphatic carbocycles. The van der Waals surface area contributed by atoms with Gasteiger partial charge in [-0.15, -0.1) is 13.2 Å². The van der Waals surface area contributed by atoms with Crippen LogP contribution in [-0.4, -0.2) is 32.9 Å². The fourth-order valence-electron chi connectivity index (χ4n) is 2.95. The van der Waals surface area contributed by atoms with E-state index in [4.69, 9.17) is 13.9 Å². The Balaban J connectivity index is 1.20. The number of nitrogens with zero attached hydrogens (tertiary/aromatic N) is 4. The van der Waals surface area contributed by atoms with E-state index >= 15 is 0 Å². The van der Waals surface area contributed by atoms with Gasteiger partial charge in [0.05, 0.1) is 32.2 Å². The summed E-state index contributed by atoms with van der Waals surface area (Å²) < 4.78 is 57.3. The molecule has 2 heterocycles. The monoisotopic (exact) mass is 486 g/mol. The van der Waals surface area contributed by atoms with Crippen molar-refractivity contribution in [1.29, 1.82) is 0 Å². The van der Waals surface area contributed by atoms with Gasteiger partial charge in [0.2, 0.25) is 5.89 Å². The van der Waals surface area contributed by atoms with Gasteiger partial charge in [-0.05, 0) is 41.5 Å². The quantitative estimate of drug-likeness (QED) is 0.272. The van der Waals surface area contributed by atoms with Crippen molar-refractivity contribution in [3.63, 3.8) is 0 Å². The fraction of sp³-hybridized carbons (Fsp3) is 0.208. The second-order valence-corrected chi connectivity index (χ2v) is 7.24. The molecule has 2 aromatic carbocycles. The molecular weight excluding hydrogens is 465 g/mol. The van der Waals surface area contributed by atoms with Gasteiger partial charge < -0.3 is 18.6 Å². The minimum atomic E-state index is -4.72. The lowest BCUT2D eigenvalue weighted by Gasteiger charge is -2.08. The zero-order valence-corrected chi connectivity index (χ0v) is 18.4. The molecule has 2 aromatic heterocycles. The normalized spacial score (nSPS) is 11.7. The highest BCUT2D eigenvalue weighted by Gasteiger charge is 2.30. The second kappa shape index (κ2) is 11.3. The Morgan fingerprint density at radius 3 is 2.31 bits per heavy atom. The first-order valence-corrected chi connectivity index (χ1v) is 10.5. The maximum atomic E-state index is 12.2. The molecular formula is C24H21F3N4O4. The van der Waals surface area contributed by atoms with Gasteiger partial charge in [-0.25, -0.2) is 4.98 Å². The van der Waals surface area contributed by atoms with Crippen LogP contribution in [0.15, 0.2) is 71.6 Å². The van der Waals surface area contributed by atoms with Crippen LogP contribution in [0.3, 0.4) is 0 Å². The van der Waals surface area contributed by atoms with E-state index in [1.54, 1.807) is 29.3 Å². The molecule has 182 valence electrons. The van der Waals surface area contributed by atoms with Crippen molar-refractivity contribution in [2.75, 3.05) is 6.61 Å². The Morgan fingerprint density at radius 1 is 0.886 bits per heavy atom. The first kappa shape index (κ1) is 24.0. The smallest absolute Gasteiger partial charge is 0.487 e. The van der Waals surface area contributed by atoms with Crippen LogP contribution in [0.4, 0.5) is 13.2 Å². The Labute approximate surface area is 198 Å². The lowest BCUT2D eigenvalue weighted by atomic mass is 10.2. The van der Waals surface area contributed by atoms with Crippen LogP contribution in [0.25, 0.3) is 12.2 Å². The zero-order valence-electron chi connectivity index (χ0n) is 18.4. The summed E-state index contributed by atoms with van der Waals surface area (Å²) in [7, 11) is 0. The molecule has 0 N–H and O–H groups in total. The number of alkyl halides is 3. The van der Waals surface area contributed by atoms with Crippen LogP contribution in [0.2, 0.25) is 0 Å². The van der Waals surface area contributed by atoms with Gasteiger partial charge in [0.1, 0.15) is 30.1 Å². The Morgan fingerprint density at radius 2 is 1.60 bits per heavy atom. The number of rotatable bonds is 11. The van der Waals surface area contributed by atoms with Crippen LogP contribution >= 0.6 is 0 Å². The Kier molecular flexibility index (Phi) is 7.78. The van der Waals surface area contributed by atoms with Crippen molar-refractivity contribution in [2.45, 2.75) is 26.1 Å². The molecule has 0 spiro atoms. The van der Waals surface area contributed by atoms with Crippen molar-refractivity contribution in [3.05, 3.63) is 89.9 Å². The third-order valence-corrected chi connectivity index (χ3v) is 4.58. The highest BCUT2D eigenvalue weighted by molar-refractivity contribution is 5.66. The molecule has 4 aromatic rings. The third kappa shape index (κ3) is 8.00. The molecule has 0 aliphatic heterocycles. The number of halogens is 3. The van der Waals surface area contributed by atoms with Crippen LogP contribution in [0, 0.1) is 0 Å². The fourth-order valence-corrected chi connectivity index (χ4v) is 2.95. The van der Waals surface area contributed by atoms with E-state index in [0.29, 0.717) is 42.7 Å². The molecule has 0 unspecified atom stereocenters. The van der Waals surface area contributed by atoms with E-state index in [1.807, 2.05) is 24.3 Å². The standard InChI is InChI=1S/C24H21F3N4O4/c25-24(26,27)35-22-8-1-18(2-9-22)5-10-23-30-20(17-34-23)16-33-21-6-3-19(4-7-21)15-32-14-13-31-28-11-12-29-31/h1-12,17H,13-16H2/b10-5+. The third-order valence-electron chi connectivity index (χ3n) is 4.58. The van der Waals surface area contributed by atoms with Gasteiger partial charge in [-0.1, -0.05) is 24.3 Å². The van der Waals surface area contributed by atoms with Crippen LogP contribution < -0.4 is 9.47 Å². The summed E-state index contributed by atoms with van der Waals surface area (Å²) in [5.41, 5.74) is 2.27. The lowest BCUT2D eigenvalue weighted by Crippen LogP contribution is -2.16. The summed E-state index contributed by atoms with van der Waals surface area (Å²) in [4.78, 5) is 5.88. The maximum Gasteiger partial charge on any atom is 0.573 e. The number of hydrogen-bond donors (Lipinski definition) is 0. The largest absolute Gasteiger partial charge is 0.573 e. The summed E-state index contributed by atoms with van der Waals surface area (Å²) in [5.74, 6) is 0.737. The minimum Gasteiger partial charge on any atom is -0.487 e. The van der Waals surface area contributed by atoms with E-state index in [0.717, 1.165) is 5.56 Å². The summed E-state index contributed by atoms with van der Waals surface area (Å²) in [6.07, 6.45) is 3.29. The van der Waals surface area contributed by atoms with E-state index in [-0.39, 0.29) is 12.4 Å². The van der Waals surface area contributed by atoms with Crippen molar-refractivity contribution in [3.8, 4) is 11.5 Å². The molecule has 0 amide bonds. The molecule has 0 bridgehead atoms. The maximum absolute atomic E-state index is 12.2. The number of aromatic nitrogens is 4. The van der Waals surface area contributed by atoms with Gasteiger partial charge in [-0.2, -0.15) is 15.0 Å². The molecule has 0 saturated heterocycles. The molecule has 0 radical (unpaired) electrons. The summed E-state index contributed by atoms with van der Waals surface area (Å²) in [6, 6.07) is 13.0. The first-order chi connectivity index (χ1) is 16.9. The van der Waals surface area contributed by atoms with Gasteiger partial charge in [0.25, 0.3) is 0 Å². The van der Waals surface area contributed by atoms with Crippen LogP contribution in [-0.2, 0) is 24.5 Å². The molecule has 35 heavy (non-hydrogen) atoms. The number of oxazole rings is 1. The Hall–Kier alpha value is -4.12. The molecule has 0 atom stereocenters. The van der Waals surface area contributed by atoms with E-state index < -0.39 is 6.36 Å². The topological polar surface area (TPSA) is 84.4 Å². The predicted octanol–water partition coefficient (Wildman–Crippen LogP) is 5.13. The van der Waals surface area contributed by atoms with Crippen LogP contribution in [0.1, 0.15) is 22.7 Å². The first-order valence-electron chi connectivity index (χ1n) is 10.5. The molecule has 0 aliphatic rings. The van der Waals surface area contributed by atoms with Gasteiger partial charge in [0, 0.05) is 6.08 Å². The summed E-state index contributed by atoms with van der Waals surface area (Å²) >= 11 is 0. The molecule has 0 saturated carbocycles. The van der Waals surface area contributed by atoms with Crippen molar-refractivity contribution in [2.24, 2.45) is 0 Å². The van der Waals surface area contributed by atoms with E-state index in [9.17, 15) is 13.2 Å². The van der Waals surface area contributed by atoms with Gasteiger partial charge >= 0.3 is 6.36 Å². The second-order valence-electron chi connectivity index (χ2n) is 7.24. The molecule has 8 nitrogen and oxygen atoms in total. The van der Waals surface area contributed by atoms with Crippen molar-refractivity contribution < 1.29 is 31.8 Å². The number of ether oxygens (including phenoxy) is 3. The lowest BCUT2D eigenvalue weighted by molar-refractivity contribution is -0.274. The highest BCUT2D eigenvalue weighted by Crippen LogP contribution is 2.23. The Bertz CT molecular complexity index is 1210. The SMILES string of the molecule is FC(F)(F)Oc1ccc(/C=C/c2nc(COc3ccc(COCCn4nccn4)cc3)co2)cc1. The predicted molar refractivity (Wildman–Crippen MR) is 119 cm³/mol. The average molecular weight is 486 g/mol. The highest BCUT2D eigenvalue weighted by atomic mass is 19.4. The molecule has 11 heteroatoms. The number of hydrogen-bond acceptors (Lipinski definition) is 7. The van der Waals surface area contributed by atoms with Crippen molar-refractivity contribution >= 4 is 12.2 Å².